The van der Waals surface area contributed by atoms with Crippen molar-refractivity contribution >= 4 is 39.9 Å². The lowest BCUT2D eigenvalue weighted by Gasteiger charge is -2.06. The average Bonchev–Trinajstić information content (AvgIpc) is 3.34. The molecule has 2 heterocycles. The molecule has 5 aromatic rings. The maximum Gasteiger partial charge on any atom is 0.220 e. The quantitative estimate of drug-likeness (QED) is 0.151. The zero-order valence-electron chi connectivity index (χ0n) is 21.7. The SMILES string of the molecule is NCCNC(=O)CCCCC[n+]1c(/C=C/c2c(-c3ccccc3)[nH]c3ccccc23)ccc2ccccc21. The number of H-pyrrole nitrogens is 1. The number of nitrogens with one attached hydrogen (secondary N) is 2. The van der Waals surface area contributed by atoms with Crippen LogP contribution in [0.4, 0.5) is 0 Å². The summed E-state index contributed by atoms with van der Waals surface area (Å²) in [6.07, 6.45) is 7.90. The summed E-state index contributed by atoms with van der Waals surface area (Å²) < 4.78 is 2.40. The number of hydrogen-bond acceptors (Lipinski definition) is 2. The van der Waals surface area contributed by atoms with Gasteiger partial charge in [0.2, 0.25) is 17.1 Å². The van der Waals surface area contributed by atoms with E-state index in [-0.39, 0.29) is 5.91 Å². The maximum atomic E-state index is 11.9. The Morgan fingerprint density at radius 3 is 2.50 bits per heavy atom. The van der Waals surface area contributed by atoms with E-state index in [9.17, 15) is 4.79 Å². The van der Waals surface area contributed by atoms with Gasteiger partial charge in [-0.2, -0.15) is 4.57 Å². The van der Waals surface area contributed by atoms with Crippen molar-refractivity contribution in [3.05, 3.63) is 102 Å². The second-order valence-corrected chi connectivity index (χ2v) is 9.58. The van der Waals surface area contributed by atoms with Crippen molar-refractivity contribution in [2.75, 3.05) is 13.1 Å². The van der Waals surface area contributed by atoms with Crippen LogP contribution in [0.3, 0.4) is 0 Å². The number of benzene rings is 3. The van der Waals surface area contributed by atoms with Gasteiger partial charge in [-0.3, -0.25) is 4.79 Å². The van der Waals surface area contributed by atoms with E-state index in [1.165, 1.54) is 27.4 Å². The number of unbranched alkanes of at least 4 members (excludes halogenated alkanes) is 2. The molecule has 3 aromatic carbocycles. The summed E-state index contributed by atoms with van der Waals surface area (Å²) in [6, 6.07) is 31.9. The number of nitrogens with zero attached hydrogens (tertiary/aromatic N) is 1. The second kappa shape index (κ2) is 12.3. The molecule has 0 unspecified atom stereocenters. The van der Waals surface area contributed by atoms with Crippen LogP contribution in [-0.2, 0) is 11.3 Å². The van der Waals surface area contributed by atoms with Gasteiger partial charge in [0.25, 0.3) is 0 Å². The largest absolute Gasteiger partial charge is 0.355 e. The molecule has 5 rings (SSSR count). The van der Waals surface area contributed by atoms with Crippen LogP contribution < -0.4 is 15.6 Å². The predicted molar refractivity (Wildman–Crippen MR) is 157 cm³/mol. The lowest BCUT2D eigenvalue weighted by Crippen LogP contribution is -2.38. The van der Waals surface area contributed by atoms with Crippen LogP contribution in [0.25, 0.3) is 45.2 Å². The van der Waals surface area contributed by atoms with Crippen LogP contribution in [0.5, 0.6) is 0 Å². The summed E-state index contributed by atoms with van der Waals surface area (Å²) >= 11 is 0. The molecule has 0 fully saturated rings. The number of aromatic nitrogens is 2. The van der Waals surface area contributed by atoms with Crippen LogP contribution in [0, 0.1) is 0 Å². The number of fused-ring (bicyclic) bond motifs is 2. The van der Waals surface area contributed by atoms with Gasteiger partial charge in [-0.15, -0.1) is 0 Å². The Bertz CT molecular complexity index is 1550. The molecule has 0 aliphatic rings. The number of aromatic amines is 1. The van der Waals surface area contributed by atoms with Crippen LogP contribution in [0.2, 0.25) is 0 Å². The summed E-state index contributed by atoms with van der Waals surface area (Å²) in [6.45, 7) is 1.92. The lowest BCUT2D eigenvalue weighted by atomic mass is 10.0. The standard InChI is InChI=1S/C33H34N4O/c34-22-23-35-32(38)17-5-2-10-24-37-27(19-18-25-11-6-9-16-31(25)37)20-21-29-28-14-7-8-15-30(28)36-33(29)26-12-3-1-4-13-26/h1,3-4,6-9,11-16,18-21H,2,5,10,17,22-24,34H2,(H,35,38)/p+1. The summed E-state index contributed by atoms with van der Waals surface area (Å²) in [5, 5.41) is 5.29. The Balaban J connectivity index is 1.42. The first-order valence-corrected chi connectivity index (χ1v) is 13.5. The molecule has 0 bridgehead atoms. The number of para-hydroxylation sites is 2. The molecule has 0 aliphatic heterocycles. The van der Waals surface area contributed by atoms with Crippen molar-refractivity contribution in [2.24, 2.45) is 5.73 Å². The zero-order valence-corrected chi connectivity index (χ0v) is 21.7. The molecule has 0 aliphatic carbocycles. The first-order valence-electron chi connectivity index (χ1n) is 13.5. The number of hydrogen-bond donors (Lipinski definition) is 3. The van der Waals surface area contributed by atoms with Gasteiger partial charge in [0.15, 0.2) is 0 Å². The third-order valence-electron chi connectivity index (χ3n) is 6.95. The molecular weight excluding hydrogens is 468 g/mol. The minimum atomic E-state index is 0.0878. The molecule has 38 heavy (non-hydrogen) atoms. The Morgan fingerprint density at radius 1 is 0.842 bits per heavy atom. The van der Waals surface area contributed by atoms with E-state index in [1.807, 2.05) is 6.07 Å². The highest BCUT2D eigenvalue weighted by Gasteiger charge is 2.15. The van der Waals surface area contributed by atoms with Crippen molar-refractivity contribution in [1.82, 2.24) is 10.3 Å². The fraction of sp³-hybridized carbons (Fsp3) is 0.212. The van der Waals surface area contributed by atoms with Gasteiger partial charge in [-0.25, -0.2) is 0 Å². The minimum Gasteiger partial charge on any atom is -0.355 e. The fourth-order valence-electron chi connectivity index (χ4n) is 5.04. The fourth-order valence-corrected chi connectivity index (χ4v) is 5.04. The predicted octanol–water partition coefficient (Wildman–Crippen LogP) is 6.08. The first kappa shape index (κ1) is 25.4. The summed E-state index contributed by atoms with van der Waals surface area (Å²) in [4.78, 5) is 15.5. The number of pyridine rings is 1. The van der Waals surface area contributed by atoms with Crippen LogP contribution in [0.1, 0.15) is 36.9 Å². The molecule has 5 nitrogen and oxygen atoms in total. The van der Waals surface area contributed by atoms with E-state index in [2.05, 4.69) is 112 Å². The molecule has 0 radical (unpaired) electrons. The number of aryl methyl sites for hydroxylation is 1. The van der Waals surface area contributed by atoms with Gasteiger partial charge < -0.3 is 16.0 Å². The molecule has 0 spiro atoms. The molecule has 4 N–H and O–H groups in total. The van der Waals surface area contributed by atoms with Gasteiger partial charge in [0, 0.05) is 66.0 Å². The lowest BCUT2D eigenvalue weighted by molar-refractivity contribution is -0.673. The van der Waals surface area contributed by atoms with Gasteiger partial charge in [-0.05, 0) is 42.7 Å². The van der Waals surface area contributed by atoms with E-state index in [0.717, 1.165) is 42.7 Å². The van der Waals surface area contributed by atoms with Crippen LogP contribution >= 0.6 is 0 Å². The molecular formula is C33H35N4O+. The first-order chi connectivity index (χ1) is 18.7. The highest BCUT2D eigenvalue weighted by molar-refractivity contribution is 5.98. The molecule has 5 heteroatoms. The number of nitrogens with two attached hydrogens (primary N) is 1. The summed E-state index contributed by atoms with van der Waals surface area (Å²) in [5.41, 5.74) is 12.5. The highest BCUT2D eigenvalue weighted by Crippen LogP contribution is 2.31. The van der Waals surface area contributed by atoms with Crippen molar-refractivity contribution in [2.45, 2.75) is 32.2 Å². The van der Waals surface area contributed by atoms with E-state index >= 15 is 0 Å². The smallest absolute Gasteiger partial charge is 0.220 e. The van der Waals surface area contributed by atoms with E-state index in [4.69, 9.17) is 5.73 Å². The van der Waals surface area contributed by atoms with E-state index < -0.39 is 0 Å². The maximum absolute atomic E-state index is 11.9. The summed E-state index contributed by atoms with van der Waals surface area (Å²) in [5.74, 6) is 0.0878. The molecule has 0 saturated carbocycles. The monoisotopic (exact) mass is 503 g/mol. The Labute approximate surface area is 224 Å². The normalized spacial score (nSPS) is 11.5. The third kappa shape index (κ3) is 5.84. The second-order valence-electron chi connectivity index (χ2n) is 9.58. The van der Waals surface area contributed by atoms with E-state index in [0.29, 0.717) is 19.5 Å². The van der Waals surface area contributed by atoms with Gasteiger partial charge in [0.05, 0.1) is 5.69 Å². The van der Waals surface area contributed by atoms with Gasteiger partial charge in [-0.1, -0.05) is 60.7 Å². The van der Waals surface area contributed by atoms with E-state index in [1.54, 1.807) is 0 Å². The van der Waals surface area contributed by atoms with Crippen molar-refractivity contribution in [1.29, 1.82) is 0 Å². The van der Waals surface area contributed by atoms with Crippen molar-refractivity contribution < 1.29 is 9.36 Å². The van der Waals surface area contributed by atoms with Crippen LogP contribution in [0.15, 0.2) is 91.0 Å². The molecule has 0 atom stereocenters. The average molecular weight is 504 g/mol. The number of carbonyl (C=O) groups is 1. The molecule has 192 valence electrons. The zero-order chi connectivity index (χ0) is 26.2. The molecule has 1 amide bonds. The molecule has 0 saturated heterocycles. The number of rotatable bonds is 11. The van der Waals surface area contributed by atoms with Crippen molar-refractivity contribution in [3.63, 3.8) is 0 Å². The Morgan fingerprint density at radius 2 is 1.63 bits per heavy atom. The molecule has 2 aromatic heterocycles. The van der Waals surface area contributed by atoms with Crippen molar-refractivity contribution in [3.8, 4) is 11.3 Å². The topological polar surface area (TPSA) is 74.8 Å². The number of carbonyl (C=O) groups excluding carboxylic acids is 1. The third-order valence-corrected chi connectivity index (χ3v) is 6.95. The van der Waals surface area contributed by atoms with Gasteiger partial charge >= 0.3 is 0 Å². The Kier molecular flexibility index (Phi) is 8.26. The summed E-state index contributed by atoms with van der Waals surface area (Å²) in [7, 11) is 0. The minimum absolute atomic E-state index is 0.0878. The Hall–Kier alpha value is -4.22. The van der Waals surface area contributed by atoms with Crippen LogP contribution in [-0.4, -0.2) is 24.0 Å². The number of amides is 1. The van der Waals surface area contributed by atoms with Gasteiger partial charge in [0.1, 0.15) is 6.54 Å². The highest BCUT2D eigenvalue weighted by atomic mass is 16.1.